The van der Waals surface area contributed by atoms with Gasteiger partial charge >= 0.3 is 0 Å². The minimum absolute atomic E-state index is 0.747. The summed E-state index contributed by atoms with van der Waals surface area (Å²) in [6.45, 7) is 8.29. The van der Waals surface area contributed by atoms with Crippen molar-refractivity contribution in [1.29, 1.82) is 0 Å². The number of hydrogen-bond donors (Lipinski definition) is 1. The number of thiazole rings is 1. The molecule has 0 aromatic carbocycles. The normalized spacial score (nSPS) is 14.9. The minimum Gasteiger partial charge on any atom is -0.310 e. The molecule has 0 amide bonds. The summed E-state index contributed by atoms with van der Waals surface area (Å²) in [4.78, 5) is 5.68. The minimum atomic E-state index is 0.747. The summed E-state index contributed by atoms with van der Waals surface area (Å²) >= 11 is 1.74. The predicted octanol–water partition coefficient (Wildman–Crippen LogP) is 2.76. The first-order valence-electron chi connectivity index (χ1n) is 7.30. The summed E-state index contributed by atoms with van der Waals surface area (Å²) < 4.78 is 2.15. The van der Waals surface area contributed by atoms with Crippen LogP contribution in [0.2, 0.25) is 0 Å². The molecule has 0 aliphatic heterocycles. The number of rotatable bonds is 6. The molecular weight excluding hydrogens is 268 g/mol. The molecule has 0 bridgehead atoms. The quantitative estimate of drug-likeness (QED) is 0.889. The molecule has 0 spiro atoms. The number of nitrogens with zero attached hydrogens (tertiary/aromatic N) is 3. The van der Waals surface area contributed by atoms with Gasteiger partial charge in [0.2, 0.25) is 0 Å². The van der Waals surface area contributed by atoms with Gasteiger partial charge in [-0.25, -0.2) is 4.98 Å². The first-order chi connectivity index (χ1) is 9.65. The van der Waals surface area contributed by atoms with Gasteiger partial charge in [0.25, 0.3) is 0 Å². The number of nitrogens with one attached hydrogen (secondary N) is 1. The Bertz CT molecular complexity index is 595. The van der Waals surface area contributed by atoms with Crippen molar-refractivity contribution in [3.05, 3.63) is 33.0 Å². The maximum absolute atomic E-state index is 4.70. The van der Waals surface area contributed by atoms with Gasteiger partial charge in [0, 0.05) is 41.7 Å². The van der Waals surface area contributed by atoms with Gasteiger partial charge in [-0.1, -0.05) is 0 Å². The second-order valence-electron chi connectivity index (χ2n) is 5.64. The van der Waals surface area contributed by atoms with Crippen LogP contribution in [0, 0.1) is 20.8 Å². The van der Waals surface area contributed by atoms with E-state index in [0.717, 1.165) is 36.9 Å². The standard InChI is InChI=1S/C15H22N4S/c1-10-14(8-16-13-4-5-13)12(3)19(18-10)7-6-15-11(2)17-9-20-15/h9,13,16H,4-8H2,1-3H3. The lowest BCUT2D eigenvalue weighted by Gasteiger charge is -2.06. The van der Waals surface area contributed by atoms with Crippen LogP contribution in [-0.2, 0) is 19.5 Å². The lowest BCUT2D eigenvalue weighted by Crippen LogP contribution is -2.16. The van der Waals surface area contributed by atoms with Crippen molar-refractivity contribution in [3.8, 4) is 0 Å². The molecule has 2 aromatic heterocycles. The molecule has 0 saturated heterocycles. The molecule has 2 aromatic rings. The molecule has 3 rings (SSSR count). The van der Waals surface area contributed by atoms with Gasteiger partial charge in [-0.15, -0.1) is 11.3 Å². The van der Waals surface area contributed by atoms with Crippen LogP contribution < -0.4 is 5.32 Å². The van der Waals surface area contributed by atoms with E-state index in [4.69, 9.17) is 5.10 Å². The molecule has 0 unspecified atom stereocenters. The molecule has 1 aliphatic rings. The van der Waals surface area contributed by atoms with Crippen molar-refractivity contribution in [2.24, 2.45) is 0 Å². The Morgan fingerprint density at radius 3 is 2.75 bits per heavy atom. The van der Waals surface area contributed by atoms with Crippen LogP contribution in [-0.4, -0.2) is 20.8 Å². The van der Waals surface area contributed by atoms with Crippen LogP contribution in [0.5, 0.6) is 0 Å². The first-order valence-corrected chi connectivity index (χ1v) is 8.18. The van der Waals surface area contributed by atoms with Gasteiger partial charge in [-0.2, -0.15) is 5.10 Å². The fourth-order valence-electron chi connectivity index (χ4n) is 2.51. The molecule has 0 atom stereocenters. The van der Waals surface area contributed by atoms with E-state index in [9.17, 15) is 0 Å². The van der Waals surface area contributed by atoms with E-state index < -0.39 is 0 Å². The van der Waals surface area contributed by atoms with Crippen LogP contribution in [0.15, 0.2) is 5.51 Å². The van der Waals surface area contributed by atoms with E-state index in [0.29, 0.717) is 0 Å². The summed E-state index contributed by atoms with van der Waals surface area (Å²) in [5.74, 6) is 0. The van der Waals surface area contributed by atoms with E-state index >= 15 is 0 Å². The zero-order valence-electron chi connectivity index (χ0n) is 12.4. The Labute approximate surface area is 124 Å². The first kappa shape index (κ1) is 13.8. The molecule has 1 fully saturated rings. The Morgan fingerprint density at radius 2 is 2.10 bits per heavy atom. The second-order valence-corrected chi connectivity index (χ2v) is 6.58. The van der Waals surface area contributed by atoms with E-state index in [1.54, 1.807) is 11.3 Å². The Balaban J connectivity index is 1.66. The zero-order valence-corrected chi connectivity index (χ0v) is 13.3. The van der Waals surface area contributed by atoms with Gasteiger partial charge in [0.05, 0.1) is 16.9 Å². The molecule has 0 radical (unpaired) electrons. The largest absolute Gasteiger partial charge is 0.310 e. The second kappa shape index (κ2) is 5.66. The monoisotopic (exact) mass is 290 g/mol. The van der Waals surface area contributed by atoms with Gasteiger partial charge < -0.3 is 5.32 Å². The van der Waals surface area contributed by atoms with Gasteiger partial charge in [0.1, 0.15) is 0 Å². The molecular formula is C15H22N4S. The highest BCUT2D eigenvalue weighted by Crippen LogP contribution is 2.21. The molecule has 20 heavy (non-hydrogen) atoms. The topological polar surface area (TPSA) is 42.7 Å². The van der Waals surface area contributed by atoms with E-state index in [2.05, 4.69) is 35.8 Å². The number of hydrogen-bond acceptors (Lipinski definition) is 4. The molecule has 1 N–H and O–H groups in total. The van der Waals surface area contributed by atoms with Crippen molar-refractivity contribution in [3.63, 3.8) is 0 Å². The third-order valence-electron chi connectivity index (χ3n) is 4.07. The van der Waals surface area contributed by atoms with E-state index in [1.807, 2.05) is 5.51 Å². The Hall–Kier alpha value is -1.20. The molecule has 2 heterocycles. The molecule has 108 valence electrons. The van der Waals surface area contributed by atoms with Crippen LogP contribution in [0.1, 0.15) is 40.4 Å². The predicted molar refractivity (Wildman–Crippen MR) is 82.1 cm³/mol. The van der Waals surface area contributed by atoms with E-state index in [-0.39, 0.29) is 0 Å². The van der Waals surface area contributed by atoms with Gasteiger partial charge in [-0.3, -0.25) is 4.68 Å². The van der Waals surface area contributed by atoms with E-state index in [1.165, 1.54) is 29.0 Å². The Kier molecular flexibility index (Phi) is 3.89. The van der Waals surface area contributed by atoms with Crippen molar-refractivity contribution >= 4 is 11.3 Å². The van der Waals surface area contributed by atoms with Crippen molar-refractivity contribution in [1.82, 2.24) is 20.1 Å². The highest BCUT2D eigenvalue weighted by atomic mass is 32.1. The summed E-state index contributed by atoms with van der Waals surface area (Å²) in [6.07, 6.45) is 3.68. The summed E-state index contributed by atoms with van der Waals surface area (Å²) in [5.41, 5.74) is 6.93. The zero-order chi connectivity index (χ0) is 14.1. The molecule has 4 nitrogen and oxygen atoms in total. The molecule has 5 heteroatoms. The summed E-state index contributed by atoms with van der Waals surface area (Å²) in [6, 6.07) is 0.747. The van der Waals surface area contributed by atoms with Crippen molar-refractivity contribution in [2.45, 2.75) is 59.2 Å². The fourth-order valence-corrected chi connectivity index (χ4v) is 3.29. The highest BCUT2D eigenvalue weighted by Gasteiger charge is 2.21. The lowest BCUT2D eigenvalue weighted by atomic mass is 10.2. The van der Waals surface area contributed by atoms with Crippen LogP contribution in [0.4, 0.5) is 0 Å². The number of aryl methyl sites for hydroxylation is 4. The third-order valence-corrected chi connectivity index (χ3v) is 5.07. The Morgan fingerprint density at radius 1 is 1.30 bits per heavy atom. The average molecular weight is 290 g/mol. The van der Waals surface area contributed by atoms with Crippen LogP contribution in [0.3, 0.4) is 0 Å². The van der Waals surface area contributed by atoms with Gasteiger partial charge in [0.15, 0.2) is 0 Å². The number of aromatic nitrogens is 3. The van der Waals surface area contributed by atoms with Gasteiger partial charge in [-0.05, 0) is 33.6 Å². The smallest absolute Gasteiger partial charge is 0.0797 e. The van der Waals surface area contributed by atoms with Crippen molar-refractivity contribution in [2.75, 3.05) is 0 Å². The van der Waals surface area contributed by atoms with Crippen molar-refractivity contribution < 1.29 is 0 Å². The third kappa shape index (κ3) is 2.94. The summed E-state index contributed by atoms with van der Waals surface area (Å²) in [5, 5.41) is 8.28. The summed E-state index contributed by atoms with van der Waals surface area (Å²) in [7, 11) is 0. The van der Waals surface area contributed by atoms with Crippen LogP contribution >= 0.6 is 11.3 Å². The lowest BCUT2D eigenvalue weighted by molar-refractivity contribution is 0.593. The molecule has 1 saturated carbocycles. The maximum Gasteiger partial charge on any atom is 0.0797 e. The maximum atomic E-state index is 4.70. The molecule has 1 aliphatic carbocycles. The fraction of sp³-hybridized carbons (Fsp3) is 0.600. The highest BCUT2D eigenvalue weighted by molar-refractivity contribution is 7.09. The SMILES string of the molecule is Cc1ncsc1CCn1nc(C)c(CNC2CC2)c1C. The average Bonchev–Trinajstić information content (AvgIpc) is 3.10. The van der Waals surface area contributed by atoms with Crippen LogP contribution in [0.25, 0.3) is 0 Å².